The number of rotatable bonds is 4. The Bertz CT molecular complexity index is 4440. The van der Waals surface area contributed by atoms with Gasteiger partial charge in [-0.2, -0.15) is 0 Å². The van der Waals surface area contributed by atoms with Crippen molar-refractivity contribution in [1.29, 1.82) is 0 Å². The van der Waals surface area contributed by atoms with Crippen LogP contribution in [0.3, 0.4) is 0 Å². The Hall–Kier alpha value is -8.83. The molecule has 80 heavy (non-hydrogen) atoms. The first-order chi connectivity index (χ1) is 39.0. The van der Waals surface area contributed by atoms with Crippen LogP contribution in [0.4, 0.5) is 17.1 Å². The number of ether oxygens (including phenoxy) is 1. The lowest BCUT2D eigenvalue weighted by Crippen LogP contribution is -2.33. The molecule has 2 spiro atoms. The quantitative estimate of drug-likeness (QED) is 0.175. The van der Waals surface area contributed by atoms with Crippen LogP contribution < -0.4 is 9.64 Å². The van der Waals surface area contributed by atoms with Gasteiger partial charge in [0.15, 0.2) is 5.75 Å². The van der Waals surface area contributed by atoms with Crippen molar-refractivity contribution in [1.82, 2.24) is 4.57 Å². The minimum Gasteiger partial charge on any atom is -0.454 e. The van der Waals surface area contributed by atoms with Crippen LogP contribution >= 0.6 is 11.8 Å². The molecule has 0 atom stereocenters. The lowest BCUT2D eigenvalue weighted by molar-refractivity contribution is 0.437. The summed E-state index contributed by atoms with van der Waals surface area (Å²) in [5.41, 5.74) is 22.7. The monoisotopic (exact) mass is 1050 g/mol. The maximum absolute atomic E-state index is 7.71. The maximum Gasteiger partial charge on any atom is 0.156 e. The normalized spacial score (nSPS) is 14.6. The highest BCUT2D eigenvalue weighted by molar-refractivity contribution is 7.99. The molecule has 2 aliphatic heterocycles. The van der Waals surface area contributed by atoms with E-state index in [4.69, 9.17) is 4.74 Å². The van der Waals surface area contributed by atoms with Crippen molar-refractivity contribution < 1.29 is 4.74 Å². The van der Waals surface area contributed by atoms with Crippen molar-refractivity contribution >= 4 is 50.6 Å². The molecule has 384 valence electrons. The maximum atomic E-state index is 7.71. The van der Waals surface area contributed by atoms with Gasteiger partial charge in [-0.25, -0.2) is 0 Å². The summed E-state index contributed by atoms with van der Waals surface area (Å²) in [4.78, 5) is 5.09. The van der Waals surface area contributed by atoms with E-state index in [2.05, 4.69) is 294 Å². The highest BCUT2D eigenvalue weighted by atomic mass is 32.2. The highest BCUT2D eigenvalue weighted by Crippen LogP contribution is 2.66. The summed E-state index contributed by atoms with van der Waals surface area (Å²) in [7, 11) is 0. The van der Waals surface area contributed by atoms with Crippen molar-refractivity contribution in [3.63, 3.8) is 0 Å². The van der Waals surface area contributed by atoms with E-state index in [0.717, 1.165) is 56.4 Å². The Kier molecular flexibility index (Phi) is 9.94. The van der Waals surface area contributed by atoms with Crippen LogP contribution in [0.2, 0.25) is 0 Å². The summed E-state index contributed by atoms with van der Waals surface area (Å²) in [6, 6.07) is 91.7. The topological polar surface area (TPSA) is 17.4 Å². The van der Waals surface area contributed by atoms with Gasteiger partial charge < -0.3 is 14.2 Å². The van der Waals surface area contributed by atoms with Crippen molar-refractivity contribution in [2.75, 3.05) is 4.90 Å². The lowest BCUT2D eigenvalue weighted by Gasteiger charge is -2.42. The smallest absolute Gasteiger partial charge is 0.156 e. The second-order valence-electron chi connectivity index (χ2n) is 24.3. The Morgan fingerprint density at radius 3 is 1.48 bits per heavy atom. The van der Waals surface area contributed by atoms with E-state index in [1.165, 1.54) is 87.3 Å². The van der Waals surface area contributed by atoms with Crippen LogP contribution in [0.15, 0.2) is 252 Å². The van der Waals surface area contributed by atoms with Gasteiger partial charge in [-0.3, -0.25) is 0 Å². The zero-order valence-electron chi connectivity index (χ0n) is 45.8. The first kappa shape index (κ1) is 47.2. The molecule has 4 aliphatic rings. The van der Waals surface area contributed by atoms with Crippen molar-refractivity contribution in [2.24, 2.45) is 0 Å². The first-order valence-corrected chi connectivity index (χ1v) is 29.0. The molecule has 0 radical (unpaired) electrons. The number of fused-ring (bicyclic) bond motifs is 21. The molecule has 4 heteroatoms. The minimum absolute atomic E-state index is 0.0904. The first-order valence-electron chi connectivity index (χ1n) is 28.2. The summed E-state index contributed by atoms with van der Waals surface area (Å²) in [6.45, 7) is 14.0. The summed E-state index contributed by atoms with van der Waals surface area (Å²) in [5, 5.41) is 2.44. The van der Waals surface area contributed by atoms with Gasteiger partial charge in [-0.15, -0.1) is 0 Å². The largest absolute Gasteiger partial charge is 0.454 e. The predicted octanol–water partition coefficient (Wildman–Crippen LogP) is 20.1. The van der Waals surface area contributed by atoms with Crippen LogP contribution in [0.25, 0.3) is 49.7 Å². The van der Waals surface area contributed by atoms with Gasteiger partial charge in [0.25, 0.3) is 0 Å². The number of benzene rings is 11. The summed E-state index contributed by atoms with van der Waals surface area (Å²) >= 11 is 1.88. The SMILES string of the molecule is CC(C)(C)c1ccc2c(c1)C1(c3ccccc3Oc3c(N(c4ccc5c(c4)C4(c6ccccc6Sc6ccccc64)c4ccccc4-5)c4ccccc4-n4c5ccccc5c5ccccc54)cccc31)c1cc(C(C)(C)C)ccc1-2. The van der Waals surface area contributed by atoms with E-state index in [1.54, 1.807) is 0 Å². The number of aromatic nitrogens is 1. The lowest BCUT2D eigenvalue weighted by atomic mass is 9.64. The molecule has 16 rings (SSSR count). The molecule has 1 aromatic heterocycles. The van der Waals surface area contributed by atoms with E-state index in [-0.39, 0.29) is 10.8 Å². The molecular formula is C76H58N2OS. The highest BCUT2D eigenvalue weighted by Gasteiger charge is 2.54. The zero-order valence-corrected chi connectivity index (χ0v) is 46.6. The Morgan fingerprint density at radius 1 is 0.375 bits per heavy atom. The van der Waals surface area contributed by atoms with E-state index in [1.807, 2.05) is 11.8 Å². The van der Waals surface area contributed by atoms with Gasteiger partial charge in [0, 0.05) is 37.4 Å². The Balaban J connectivity index is 1.03. The molecule has 0 saturated heterocycles. The fourth-order valence-electron chi connectivity index (χ4n) is 14.5. The van der Waals surface area contributed by atoms with E-state index in [0.29, 0.717) is 0 Å². The predicted molar refractivity (Wildman–Crippen MR) is 332 cm³/mol. The van der Waals surface area contributed by atoms with Crippen LogP contribution in [-0.2, 0) is 21.7 Å². The van der Waals surface area contributed by atoms with Gasteiger partial charge in [-0.05, 0) is 138 Å². The Labute approximate surface area is 472 Å². The van der Waals surface area contributed by atoms with E-state index >= 15 is 0 Å². The average Bonchev–Trinajstić information content (AvgIpc) is 2.54. The minimum atomic E-state index is -0.720. The van der Waals surface area contributed by atoms with Gasteiger partial charge in [0.05, 0.1) is 38.9 Å². The third kappa shape index (κ3) is 6.34. The molecule has 0 fully saturated rings. The number of hydrogen-bond acceptors (Lipinski definition) is 3. The van der Waals surface area contributed by atoms with Crippen molar-refractivity contribution in [2.45, 2.75) is 73.0 Å². The van der Waals surface area contributed by atoms with E-state index < -0.39 is 10.8 Å². The molecular weight excluding hydrogens is 989 g/mol. The van der Waals surface area contributed by atoms with Crippen LogP contribution in [-0.4, -0.2) is 4.57 Å². The van der Waals surface area contributed by atoms with Crippen LogP contribution in [0.1, 0.15) is 97.2 Å². The molecule has 3 heterocycles. The molecule has 0 N–H and O–H groups in total. The fraction of sp³-hybridized carbons (Fsp3) is 0.132. The molecule has 3 nitrogen and oxygen atoms in total. The number of nitrogens with zero attached hydrogens (tertiary/aromatic N) is 2. The van der Waals surface area contributed by atoms with Crippen LogP contribution in [0, 0.1) is 0 Å². The molecule has 12 aromatic rings. The van der Waals surface area contributed by atoms with Gasteiger partial charge >= 0.3 is 0 Å². The number of para-hydroxylation sites is 6. The van der Waals surface area contributed by atoms with Crippen LogP contribution in [0.5, 0.6) is 11.5 Å². The standard InChI is InChI=1S/C76H58N2OS/c1-73(2,3)47-38-41-51-52-42-39-48(74(4,5)6)45-62(52)76(61(51)44-47)57-26-11-18-35-69(57)79-72-60(76)29-21-34-68(72)77(66-32-16-17-33-67(66)78-64-30-14-8-23-54(64)55-24-9-15-31-65(55)78)49-40-43-53-50-22-7-10-25-56(50)75(63(53)46-49)58-27-12-19-36-70(58)80-71-37-20-13-28-59(71)75/h7-46H,1-6H3. The van der Waals surface area contributed by atoms with Gasteiger partial charge in [0.2, 0.25) is 0 Å². The number of anilines is 3. The third-order valence-electron chi connectivity index (χ3n) is 18.0. The third-order valence-corrected chi connectivity index (χ3v) is 19.2. The zero-order chi connectivity index (χ0) is 53.9. The summed E-state index contributed by atoms with van der Waals surface area (Å²) < 4.78 is 10.2. The number of hydrogen-bond donors (Lipinski definition) is 0. The van der Waals surface area contributed by atoms with Gasteiger partial charge in [-0.1, -0.05) is 235 Å². The molecule has 0 bridgehead atoms. The molecule has 2 aliphatic carbocycles. The average molecular weight is 1050 g/mol. The summed E-state index contributed by atoms with van der Waals surface area (Å²) in [6.07, 6.45) is 0. The Morgan fingerprint density at radius 2 is 0.838 bits per heavy atom. The van der Waals surface area contributed by atoms with Crippen molar-refractivity contribution in [3.05, 3.63) is 298 Å². The summed E-state index contributed by atoms with van der Waals surface area (Å²) in [5.74, 6) is 1.70. The molecule has 0 saturated carbocycles. The second-order valence-corrected chi connectivity index (χ2v) is 25.4. The molecule has 0 unspecified atom stereocenters. The van der Waals surface area contributed by atoms with E-state index in [9.17, 15) is 0 Å². The molecule has 11 aromatic carbocycles. The second kappa shape index (κ2) is 16.8. The van der Waals surface area contributed by atoms with Crippen molar-refractivity contribution in [3.8, 4) is 39.4 Å². The molecule has 0 amide bonds. The van der Waals surface area contributed by atoms with Gasteiger partial charge in [0.1, 0.15) is 5.75 Å². The fourth-order valence-corrected chi connectivity index (χ4v) is 15.7.